The molecule has 1 N–H and O–H groups in total. The number of carbonyl (C=O) groups is 1. The van der Waals surface area contributed by atoms with Gasteiger partial charge in [-0.25, -0.2) is 9.78 Å². The minimum absolute atomic E-state index is 0.231. The highest BCUT2D eigenvalue weighted by molar-refractivity contribution is 7.09. The zero-order valence-corrected chi connectivity index (χ0v) is 10.0. The lowest BCUT2D eigenvalue weighted by Gasteiger charge is -2.18. The molecule has 0 radical (unpaired) electrons. The number of rotatable bonds is 3. The third-order valence-electron chi connectivity index (χ3n) is 2.91. The van der Waals surface area contributed by atoms with Crippen LogP contribution in [0.3, 0.4) is 0 Å². The topological polar surface area (TPSA) is 53.4 Å². The minimum Gasteiger partial charge on any atom is -0.476 e. The molecule has 4 nitrogen and oxygen atoms in total. The van der Waals surface area contributed by atoms with Gasteiger partial charge in [-0.1, -0.05) is 12.8 Å². The van der Waals surface area contributed by atoms with Crippen molar-refractivity contribution in [2.24, 2.45) is 0 Å². The second-order valence-corrected chi connectivity index (χ2v) is 5.06. The molecule has 0 unspecified atom stereocenters. The Bertz CT molecular complexity index is 357. The fraction of sp³-hybridized carbons (Fsp3) is 0.636. The fourth-order valence-corrected chi connectivity index (χ4v) is 2.85. The van der Waals surface area contributed by atoms with Gasteiger partial charge >= 0.3 is 5.97 Å². The molecule has 1 aliphatic rings. The average molecular weight is 240 g/mol. The van der Waals surface area contributed by atoms with E-state index >= 15 is 0 Å². The van der Waals surface area contributed by atoms with Crippen molar-refractivity contribution in [2.45, 2.75) is 32.2 Å². The maximum absolute atomic E-state index is 10.9. The predicted octanol–water partition coefficient (Wildman–Crippen LogP) is 2.22. The van der Waals surface area contributed by atoms with Gasteiger partial charge in [-0.05, 0) is 25.9 Å². The van der Waals surface area contributed by atoms with Gasteiger partial charge in [0.15, 0.2) is 5.69 Å². The standard InChI is InChI=1S/C11H16N2O2S/c14-11(15)10-9(16-8-12-10)7-13-5-3-1-2-4-6-13/h8H,1-7H2,(H,14,15). The number of likely N-dealkylation sites (tertiary alicyclic amines) is 1. The molecule has 5 heteroatoms. The van der Waals surface area contributed by atoms with Crippen LogP contribution in [0.2, 0.25) is 0 Å². The molecule has 1 aromatic rings. The van der Waals surface area contributed by atoms with Crippen LogP contribution in [0.4, 0.5) is 0 Å². The van der Waals surface area contributed by atoms with Crippen LogP contribution in [-0.2, 0) is 6.54 Å². The monoisotopic (exact) mass is 240 g/mol. The van der Waals surface area contributed by atoms with Crippen LogP contribution < -0.4 is 0 Å². The Morgan fingerprint density at radius 2 is 2.06 bits per heavy atom. The quantitative estimate of drug-likeness (QED) is 0.880. The van der Waals surface area contributed by atoms with Crippen molar-refractivity contribution in [3.8, 4) is 0 Å². The van der Waals surface area contributed by atoms with Crippen molar-refractivity contribution in [2.75, 3.05) is 13.1 Å². The SMILES string of the molecule is O=C(O)c1ncsc1CN1CCCCCC1. The molecule has 0 amide bonds. The number of aromatic nitrogens is 1. The van der Waals surface area contributed by atoms with E-state index in [4.69, 9.17) is 5.11 Å². The summed E-state index contributed by atoms with van der Waals surface area (Å²) in [4.78, 5) is 18.0. The largest absolute Gasteiger partial charge is 0.476 e. The molecule has 0 atom stereocenters. The number of nitrogens with zero attached hydrogens (tertiary/aromatic N) is 2. The molecule has 2 rings (SSSR count). The maximum Gasteiger partial charge on any atom is 0.355 e. The van der Waals surface area contributed by atoms with Gasteiger partial charge in [0.1, 0.15) is 0 Å². The van der Waals surface area contributed by atoms with E-state index < -0.39 is 5.97 Å². The first kappa shape index (κ1) is 11.5. The molecular weight excluding hydrogens is 224 g/mol. The van der Waals surface area contributed by atoms with E-state index in [0.717, 1.165) is 24.5 Å². The van der Waals surface area contributed by atoms with E-state index in [0.29, 0.717) is 0 Å². The highest BCUT2D eigenvalue weighted by Crippen LogP contribution is 2.18. The first-order valence-electron chi connectivity index (χ1n) is 5.65. The van der Waals surface area contributed by atoms with Crippen LogP contribution in [-0.4, -0.2) is 34.0 Å². The van der Waals surface area contributed by atoms with E-state index in [1.807, 2.05) is 0 Å². The number of aromatic carboxylic acids is 1. The van der Waals surface area contributed by atoms with E-state index in [9.17, 15) is 4.79 Å². The zero-order valence-electron chi connectivity index (χ0n) is 9.19. The molecule has 0 saturated carbocycles. The summed E-state index contributed by atoms with van der Waals surface area (Å²) in [7, 11) is 0. The van der Waals surface area contributed by atoms with Crippen LogP contribution >= 0.6 is 11.3 Å². The van der Waals surface area contributed by atoms with E-state index in [1.54, 1.807) is 5.51 Å². The van der Waals surface area contributed by atoms with E-state index in [1.165, 1.54) is 37.0 Å². The summed E-state index contributed by atoms with van der Waals surface area (Å²) in [5.74, 6) is -0.911. The summed E-state index contributed by atoms with van der Waals surface area (Å²) in [6.45, 7) is 2.90. The Morgan fingerprint density at radius 3 is 2.69 bits per heavy atom. The molecule has 1 fully saturated rings. The molecule has 0 bridgehead atoms. The Balaban J connectivity index is 2.01. The minimum atomic E-state index is -0.911. The van der Waals surface area contributed by atoms with Crippen LogP contribution in [0.15, 0.2) is 5.51 Å². The molecule has 1 saturated heterocycles. The summed E-state index contributed by atoms with van der Waals surface area (Å²) in [6.07, 6.45) is 5.04. The third-order valence-corrected chi connectivity index (χ3v) is 3.73. The summed E-state index contributed by atoms with van der Waals surface area (Å²) < 4.78 is 0. The van der Waals surface area contributed by atoms with Gasteiger partial charge in [0.05, 0.1) is 10.4 Å². The Morgan fingerprint density at radius 1 is 1.38 bits per heavy atom. The first-order valence-corrected chi connectivity index (χ1v) is 6.53. The van der Waals surface area contributed by atoms with Gasteiger partial charge in [0, 0.05) is 6.54 Å². The van der Waals surface area contributed by atoms with Crippen molar-refractivity contribution >= 4 is 17.3 Å². The summed E-state index contributed by atoms with van der Waals surface area (Å²) in [5, 5.41) is 8.97. The molecule has 2 heterocycles. The predicted molar refractivity (Wildman–Crippen MR) is 62.8 cm³/mol. The van der Waals surface area contributed by atoms with Gasteiger partial charge in [-0.3, -0.25) is 4.90 Å². The lowest BCUT2D eigenvalue weighted by atomic mass is 10.2. The molecule has 0 spiro atoms. The van der Waals surface area contributed by atoms with Crippen molar-refractivity contribution in [1.82, 2.24) is 9.88 Å². The molecule has 0 aromatic carbocycles. The average Bonchev–Trinajstić information content (AvgIpc) is 2.55. The molecule has 16 heavy (non-hydrogen) atoms. The van der Waals surface area contributed by atoms with Gasteiger partial charge in [0.25, 0.3) is 0 Å². The molecule has 0 aliphatic carbocycles. The number of hydrogen-bond acceptors (Lipinski definition) is 4. The van der Waals surface area contributed by atoms with E-state index in [2.05, 4.69) is 9.88 Å². The van der Waals surface area contributed by atoms with Crippen LogP contribution in [0.5, 0.6) is 0 Å². The number of carboxylic acids is 1. The second-order valence-electron chi connectivity index (χ2n) is 4.12. The fourth-order valence-electron chi connectivity index (χ4n) is 2.05. The van der Waals surface area contributed by atoms with Gasteiger partial charge < -0.3 is 5.11 Å². The lowest BCUT2D eigenvalue weighted by Crippen LogP contribution is -2.24. The van der Waals surface area contributed by atoms with Crippen LogP contribution in [0.25, 0.3) is 0 Å². The smallest absolute Gasteiger partial charge is 0.355 e. The van der Waals surface area contributed by atoms with Gasteiger partial charge in [-0.15, -0.1) is 11.3 Å². The van der Waals surface area contributed by atoms with Crippen molar-refractivity contribution in [1.29, 1.82) is 0 Å². The van der Waals surface area contributed by atoms with Crippen molar-refractivity contribution in [3.05, 3.63) is 16.1 Å². The molecule has 1 aliphatic heterocycles. The van der Waals surface area contributed by atoms with E-state index in [-0.39, 0.29) is 5.69 Å². The highest BCUT2D eigenvalue weighted by Gasteiger charge is 2.17. The van der Waals surface area contributed by atoms with Gasteiger partial charge in [-0.2, -0.15) is 0 Å². The molecule has 1 aromatic heterocycles. The van der Waals surface area contributed by atoms with Crippen LogP contribution in [0, 0.1) is 0 Å². The second kappa shape index (κ2) is 5.41. The number of thiazole rings is 1. The normalized spacial score (nSPS) is 18.2. The molecule has 88 valence electrons. The summed E-state index contributed by atoms with van der Waals surface area (Å²) in [5.41, 5.74) is 1.85. The number of carboxylic acid groups (broad SMARTS) is 1. The summed E-state index contributed by atoms with van der Waals surface area (Å²) >= 11 is 1.44. The van der Waals surface area contributed by atoms with Gasteiger partial charge in [0.2, 0.25) is 0 Å². The first-order chi connectivity index (χ1) is 7.77. The summed E-state index contributed by atoms with van der Waals surface area (Å²) in [6, 6.07) is 0. The Labute approximate surface area is 98.9 Å². The Kier molecular flexibility index (Phi) is 3.90. The van der Waals surface area contributed by atoms with Crippen molar-refractivity contribution < 1.29 is 9.90 Å². The lowest BCUT2D eigenvalue weighted by molar-refractivity contribution is 0.0689. The third kappa shape index (κ3) is 2.80. The highest BCUT2D eigenvalue weighted by atomic mass is 32.1. The maximum atomic E-state index is 10.9. The van der Waals surface area contributed by atoms with Crippen molar-refractivity contribution in [3.63, 3.8) is 0 Å². The zero-order chi connectivity index (χ0) is 11.4. The van der Waals surface area contributed by atoms with Crippen LogP contribution in [0.1, 0.15) is 41.0 Å². The molecular formula is C11H16N2O2S. The Hall–Kier alpha value is -0.940. The number of hydrogen-bond donors (Lipinski definition) is 1.